The average molecular weight is 177 g/mol. The number of aliphatic hydroxyl groups is 1. The van der Waals surface area contributed by atoms with Crippen LogP contribution in [0.15, 0.2) is 30.5 Å². The van der Waals surface area contributed by atoms with E-state index < -0.39 is 5.72 Å². The third-order valence-corrected chi connectivity index (χ3v) is 1.89. The van der Waals surface area contributed by atoms with Crippen molar-refractivity contribution in [3.05, 3.63) is 36.2 Å². The molecule has 4 nitrogen and oxygen atoms in total. The summed E-state index contributed by atoms with van der Waals surface area (Å²) in [6.07, 6.45) is 1.81. The fraction of sp³-hybridized carbons (Fsp3) is 0.222. The molecule has 0 saturated heterocycles. The van der Waals surface area contributed by atoms with E-state index in [1.165, 1.54) is 6.92 Å². The fourth-order valence-corrected chi connectivity index (χ4v) is 1.19. The van der Waals surface area contributed by atoms with Crippen LogP contribution in [-0.4, -0.2) is 14.7 Å². The number of nitrogens with two attached hydrogens (primary N) is 1. The molecule has 2 aromatic heterocycles. The van der Waals surface area contributed by atoms with Crippen molar-refractivity contribution in [2.75, 3.05) is 0 Å². The van der Waals surface area contributed by atoms with Gasteiger partial charge in [0.15, 0.2) is 5.72 Å². The first-order chi connectivity index (χ1) is 6.07. The average Bonchev–Trinajstić information content (AvgIpc) is 2.45. The van der Waals surface area contributed by atoms with Crippen molar-refractivity contribution in [2.24, 2.45) is 5.73 Å². The van der Waals surface area contributed by atoms with Crippen LogP contribution >= 0.6 is 0 Å². The first-order valence-corrected chi connectivity index (χ1v) is 4.03. The molecule has 13 heavy (non-hydrogen) atoms. The van der Waals surface area contributed by atoms with Gasteiger partial charge in [-0.2, -0.15) is 5.10 Å². The Morgan fingerprint density at radius 2 is 2.31 bits per heavy atom. The Bertz CT molecular complexity index is 395. The number of fused-ring (bicyclic) bond motifs is 1. The van der Waals surface area contributed by atoms with E-state index in [0.29, 0.717) is 5.69 Å². The summed E-state index contributed by atoms with van der Waals surface area (Å²) in [5.41, 5.74) is 5.52. The number of pyridine rings is 1. The standard InChI is InChI=1S/C9H11N3O/c1-9(10,13)8-6-7-4-2-3-5-12(7)11-8/h2-6,13H,10H2,1H3. The van der Waals surface area contributed by atoms with Crippen molar-refractivity contribution >= 4 is 5.52 Å². The molecule has 0 aliphatic carbocycles. The Kier molecular flexibility index (Phi) is 1.61. The largest absolute Gasteiger partial charge is 0.370 e. The molecule has 0 radical (unpaired) electrons. The number of rotatable bonds is 1. The Morgan fingerprint density at radius 1 is 1.54 bits per heavy atom. The minimum absolute atomic E-state index is 0.471. The smallest absolute Gasteiger partial charge is 0.155 e. The van der Waals surface area contributed by atoms with Crippen LogP contribution in [0.1, 0.15) is 12.6 Å². The van der Waals surface area contributed by atoms with Crippen LogP contribution in [-0.2, 0) is 5.72 Å². The summed E-state index contributed by atoms with van der Waals surface area (Å²) >= 11 is 0. The Balaban J connectivity index is 2.63. The Hall–Kier alpha value is -1.39. The second kappa shape index (κ2) is 2.55. The van der Waals surface area contributed by atoms with E-state index in [2.05, 4.69) is 5.10 Å². The lowest BCUT2D eigenvalue weighted by Crippen LogP contribution is -2.32. The van der Waals surface area contributed by atoms with Gasteiger partial charge in [-0.3, -0.25) is 5.73 Å². The van der Waals surface area contributed by atoms with Gasteiger partial charge in [-0.25, -0.2) is 4.52 Å². The van der Waals surface area contributed by atoms with E-state index in [1.807, 2.05) is 24.4 Å². The predicted octanol–water partition coefficient (Wildman–Crippen LogP) is 0.458. The summed E-state index contributed by atoms with van der Waals surface area (Å²) in [5, 5.41) is 13.6. The number of hydrogen-bond donors (Lipinski definition) is 2. The van der Waals surface area contributed by atoms with Crippen molar-refractivity contribution in [3.8, 4) is 0 Å². The van der Waals surface area contributed by atoms with Gasteiger partial charge in [-0.05, 0) is 25.1 Å². The van der Waals surface area contributed by atoms with E-state index in [0.717, 1.165) is 5.52 Å². The molecule has 1 unspecified atom stereocenters. The monoisotopic (exact) mass is 177 g/mol. The molecular formula is C9H11N3O. The van der Waals surface area contributed by atoms with Crippen molar-refractivity contribution in [1.29, 1.82) is 0 Å². The zero-order chi connectivity index (χ0) is 9.47. The quantitative estimate of drug-likeness (QED) is 0.622. The van der Waals surface area contributed by atoms with E-state index >= 15 is 0 Å². The maximum Gasteiger partial charge on any atom is 0.155 e. The zero-order valence-electron chi connectivity index (χ0n) is 7.31. The lowest BCUT2D eigenvalue weighted by atomic mass is 10.2. The van der Waals surface area contributed by atoms with Crippen molar-refractivity contribution in [1.82, 2.24) is 9.61 Å². The Labute approximate surface area is 75.6 Å². The van der Waals surface area contributed by atoms with Crippen LogP contribution in [0.4, 0.5) is 0 Å². The molecule has 0 spiro atoms. The molecule has 0 aliphatic heterocycles. The second-order valence-electron chi connectivity index (χ2n) is 3.25. The number of hydrogen-bond acceptors (Lipinski definition) is 3. The van der Waals surface area contributed by atoms with E-state index in [9.17, 15) is 5.11 Å². The zero-order valence-corrected chi connectivity index (χ0v) is 7.31. The van der Waals surface area contributed by atoms with Gasteiger partial charge in [0.25, 0.3) is 0 Å². The van der Waals surface area contributed by atoms with Gasteiger partial charge in [0.2, 0.25) is 0 Å². The maximum absolute atomic E-state index is 9.49. The lowest BCUT2D eigenvalue weighted by molar-refractivity contribution is 0.0597. The SMILES string of the molecule is CC(N)(O)c1cc2ccccn2n1. The molecule has 3 N–H and O–H groups in total. The molecule has 0 fully saturated rings. The summed E-state index contributed by atoms with van der Waals surface area (Å²) in [6.45, 7) is 1.51. The van der Waals surface area contributed by atoms with Gasteiger partial charge < -0.3 is 5.11 Å². The topological polar surface area (TPSA) is 63.5 Å². The van der Waals surface area contributed by atoms with Gasteiger partial charge >= 0.3 is 0 Å². The minimum Gasteiger partial charge on any atom is -0.370 e. The summed E-state index contributed by atoms with van der Waals surface area (Å²) < 4.78 is 1.68. The van der Waals surface area contributed by atoms with Crippen LogP contribution in [0.5, 0.6) is 0 Å². The molecule has 0 aromatic carbocycles. The first kappa shape index (κ1) is 8.22. The molecule has 68 valence electrons. The maximum atomic E-state index is 9.49. The van der Waals surface area contributed by atoms with Crippen molar-refractivity contribution in [3.63, 3.8) is 0 Å². The van der Waals surface area contributed by atoms with Crippen LogP contribution in [0.25, 0.3) is 5.52 Å². The third-order valence-electron chi connectivity index (χ3n) is 1.89. The highest BCUT2D eigenvalue weighted by atomic mass is 16.3. The highest BCUT2D eigenvalue weighted by molar-refractivity contribution is 5.47. The van der Waals surface area contributed by atoms with E-state index in [-0.39, 0.29) is 0 Å². The highest BCUT2D eigenvalue weighted by Crippen LogP contribution is 2.14. The van der Waals surface area contributed by atoms with Gasteiger partial charge in [0.05, 0.1) is 5.52 Å². The van der Waals surface area contributed by atoms with Crippen molar-refractivity contribution < 1.29 is 5.11 Å². The summed E-state index contributed by atoms with van der Waals surface area (Å²) in [6, 6.07) is 7.45. The molecule has 2 rings (SSSR count). The van der Waals surface area contributed by atoms with Crippen LogP contribution in [0.3, 0.4) is 0 Å². The molecular weight excluding hydrogens is 166 g/mol. The summed E-state index contributed by atoms with van der Waals surface area (Å²) in [7, 11) is 0. The number of aromatic nitrogens is 2. The van der Waals surface area contributed by atoms with E-state index in [1.54, 1.807) is 10.6 Å². The highest BCUT2D eigenvalue weighted by Gasteiger charge is 2.19. The van der Waals surface area contributed by atoms with Gasteiger partial charge in [0.1, 0.15) is 5.69 Å². The van der Waals surface area contributed by atoms with Gasteiger partial charge in [-0.1, -0.05) is 6.07 Å². The molecule has 2 heterocycles. The summed E-state index contributed by atoms with van der Waals surface area (Å²) in [5.74, 6) is 0. The molecule has 1 atom stereocenters. The summed E-state index contributed by atoms with van der Waals surface area (Å²) in [4.78, 5) is 0. The molecule has 2 aromatic rings. The lowest BCUT2D eigenvalue weighted by Gasteiger charge is -2.12. The molecule has 0 amide bonds. The first-order valence-electron chi connectivity index (χ1n) is 4.03. The number of nitrogens with zero attached hydrogens (tertiary/aromatic N) is 2. The van der Waals surface area contributed by atoms with Gasteiger partial charge in [-0.15, -0.1) is 0 Å². The molecule has 4 heteroatoms. The van der Waals surface area contributed by atoms with E-state index in [4.69, 9.17) is 5.73 Å². The van der Waals surface area contributed by atoms with Crippen molar-refractivity contribution in [2.45, 2.75) is 12.6 Å². The van der Waals surface area contributed by atoms with Crippen LogP contribution in [0, 0.1) is 0 Å². The predicted molar refractivity (Wildman–Crippen MR) is 49.0 cm³/mol. The normalized spacial score (nSPS) is 15.9. The van der Waals surface area contributed by atoms with Gasteiger partial charge in [0, 0.05) is 6.20 Å². The Morgan fingerprint density at radius 3 is 2.92 bits per heavy atom. The second-order valence-corrected chi connectivity index (χ2v) is 3.25. The van der Waals surface area contributed by atoms with Crippen LogP contribution < -0.4 is 5.73 Å². The molecule has 0 bridgehead atoms. The minimum atomic E-state index is -1.37. The fourth-order valence-electron chi connectivity index (χ4n) is 1.19. The van der Waals surface area contributed by atoms with Crippen LogP contribution in [0.2, 0.25) is 0 Å². The third kappa shape index (κ3) is 1.41. The molecule has 0 saturated carbocycles. The molecule has 0 aliphatic rings.